The smallest absolute Gasteiger partial charge is 0.122 e. The molecule has 1 aliphatic carbocycles. The summed E-state index contributed by atoms with van der Waals surface area (Å²) >= 11 is 1.75. The molecule has 0 amide bonds. The van der Waals surface area contributed by atoms with Crippen molar-refractivity contribution >= 4 is 11.3 Å². The summed E-state index contributed by atoms with van der Waals surface area (Å²) in [6.45, 7) is 7.59. The molecule has 1 fully saturated rings. The first-order chi connectivity index (χ1) is 7.05. The van der Waals surface area contributed by atoms with Crippen molar-refractivity contribution in [3.63, 3.8) is 0 Å². The summed E-state index contributed by atoms with van der Waals surface area (Å²) in [5.74, 6) is 0. The van der Waals surface area contributed by atoms with E-state index in [0.29, 0.717) is 0 Å². The van der Waals surface area contributed by atoms with Gasteiger partial charge < -0.3 is 5.32 Å². The van der Waals surface area contributed by atoms with Crippen LogP contribution in [0, 0.1) is 0 Å². The molecule has 1 aromatic heterocycles. The van der Waals surface area contributed by atoms with Gasteiger partial charge in [0.15, 0.2) is 0 Å². The third-order valence-electron chi connectivity index (χ3n) is 2.46. The van der Waals surface area contributed by atoms with Crippen LogP contribution >= 0.6 is 11.3 Å². The number of nitrogens with zero attached hydrogens (tertiary/aromatic N) is 2. The molecule has 0 spiro atoms. The first-order valence-electron chi connectivity index (χ1n) is 5.62. The second-order valence-electron chi connectivity index (χ2n) is 5.23. The summed E-state index contributed by atoms with van der Waals surface area (Å²) in [7, 11) is 0. The third kappa shape index (κ3) is 3.24. The average Bonchev–Trinajstić information content (AvgIpc) is 2.80. The number of hydrogen-bond donors (Lipinski definition) is 1. The van der Waals surface area contributed by atoms with Crippen molar-refractivity contribution in [1.29, 1.82) is 0 Å². The Morgan fingerprint density at radius 2 is 2.07 bits per heavy atom. The van der Waals surface area contributed by atoms with Crippen molar-refractivity contribution in [3.8, 4) is 0 Å². The SMILES string of the molecule is CC(C)(C)c1nnc(CCNC2CC2)s1. The first-order valence-corrected chi connectivity index (χ1v) is 6.43. The van der Waals surface area contributed by atoms with Gasteiger partial charge in [-0.3, -0.25) is 0 Å². The molecule has 15 heavy (non-hydrogen) atoms. The molecule has 0 radical (unpaired) electrons. The normalized spacial score (nSPS) is 17.0. The van der Waals surface area contributed by atoms with Crippen LogP contribution < -0.4 is 5.32 Å². The molecule has 1 saturated carbocycles. The number of hydrogen-bond acceptors (Lipinski definition) is 4. The van der Waals surface area contributed by atoms with Crippen LogP contribution in [0.2, 0.25) is 0 Å². The van der Waals surface area contributed by atoms with Gasteiger partial charge >= 0.3 is 0 Å². The van der Waals surface area contributed by atoms with E-state index in [-0.39, 0.29) is 5.41 Å². The largest absolute Gasteiger partial charge is 0.314 e. The fraction of sp³-hybridized carbons (Fsp3) is 0.818. The predicted molar refractivity (Wildman–Crippen MR) is 63.3 cm³/mol. The maximum absolute atomic E-state index is 4.24. The van der Waals surface area contributed by atoms with Gasteiger partial charge in [-0.15, -0.1) is 21.5 Å². The van der Waals surface area contributed by atoms with Gasteiger partial charge in [-0.1, -0.05) is 20.8 Å². The zero-order chi connectivity index (χ0) is 10.9. The minimum atomic E-state index is 0.139. The monoisotopic (exact) mass is 225 g/mol. The summed E-state index contributed by atoms with van der Waals surface area (Å²) < 4.78 is 0. The highest BCUT2D eigenvalue weighted by Gasteiger charge is 2.21. The van der Waals surface area contributed by atoms with Crippen molar-refractivity contribution in [2.24, 2.45) is 0 Å². The van der Waals surface area contributed by atoms with Gasteiger partial charge in [0.2, 0.25) is 0 Å². The Morgan fingerprint density at radius 3 is 2.60 bits per heavy atom. The van der Waals surface area contributed by atoms with E-state index in [1.54, 1.807) is 11.3 Å². The molecule has 0 aliphatic heterocycles. The summed E-state index contributed by atoms with van der Waals surface area (Å²) in [6, 6.07) is 0.792. The van der Waals surface area contributed by atoms with Crippen LogP contribution in [0.15, 0.2) is 0 Å². The Morgan fingerprint density at radius 1 is 1.33 bits per heavy atom. The summed E-state index contributed by atoms with van der Waals surface area (Å²) in [6.07, 6.45) is 3.72. The van der Waals surface area contributed by atoms with E-state index >= 15 is 0 Å². The Hall–Kier alpha value is -0.480. The van der Waals surface area contributed by atoms with E-state index in [1.165, 1.54) is 12.8 Å². The summed E-state index contributed by atoms with van der Waals surface area (Å²) in [5, 5.41) is 14.3. The van der Waals surface area contributed by atoms with E-state index in [2.05, 4.69) is 36.3 Å². The van der Waals surface area contributed by atoms with Crippen LogP contribution in [0.4, 0.5) is 0 Å². The van der Waals surface area contributed by atoms with Crippen LogP contribution in [-0.2, 0) is 11.8 Å². The molecule has 3 nitrogen and oxygen atoms in total. The summed E-state index contributed by atoms with van der Waals surface area (Å²) in [5.41, 5.74) is 0.139. The molecule has 84 valence electrons. The van der Waals surface area contributed by atoms with Gasteiger partial charge in [-0.2, -0.15) is 0 Å². The second-order valence-corrected chi connectivity index (χ2v) is 6.29. The van der Waals surface area contributed by atoms with Crippen molar-refractivity contribution in [1.82, 2.24) is 15.5 Å². The van der Waals surface area contributed by atoms with Crippen LogP contribution in [0.3, 0.4) is 0 Å². The topological polar surface area (TPSA) is 37.8 Å². The molecule has 1 heterocycles. The van der Waals surface area contributed by atoms with Crippen LogP contribution in [0.25, 0.3) is 0 Å². The lowest BCUT2D eigenvalue weighted by Gasteiger charge is -2.12. The Labute approximate surface area is 95.3 Å². The van der Waals surface area contributed by atoms with Gasteiger partial charge in [0.25, 0.3) is 0 Å². The molecule has 1 aromatic rings. The molecule has 0 unspecified atom stereocenters. The first kappa shape index (κ1) is 11.0. The van der Waals surface area contributed by atoms with E-state index in [4.69, 9.17) is 0 Å². The Balaban J connectivity index is 1.83. The van der Waals surface area contributed by atoms with Crippen molar-refractivity contribution in [3.05, 3.63) is 10.0 Å². The van der Waals surface area contributed by atoms with Gasteiger partial charge in [-0.25, -0.2) is 0 Å². The highest BCUT2D eigenvalue weighted by molar-refractivity contribution is 7.11. The Bertz CT molecular complexity index is 323. The van der Waals surface area contributed by atoms with Gasteiger partial charge in [0, 0.05) is 24.4 Å². The molecule has 1 aliphatic rings. The predicted octanol–water partition coefficient (Wildman–Crippen LogP) is 2.13. The zero-order valence-corrected chi connectivity index (χ0v) is 10.5. The quantitative estimate of drug-likeness (QED) is 0.853. The molecule has 0 atom stereocenters. The van der Waals surface area contributed by atoms with E-state index < -0.39 is 0 Å². The third-order valence-corrected chi connectivity index (χ3v) is 3.87. The molecular formula is C11H19N3S. The van der Waals surface area contributed by atoms with E-state index in [0.717, 1.165) is 29.0 Å². The van der Waals surface area contributed by atoms with Gasteiger partial charge in [-0.05, 0) is 12.8 Å². The molecule has 0 aromatic carbocycles. The zero-order valence-electron chi connectivity index (χ0n) is 9.71. The molecule has 2 rings (SSSR count). The molecule has 4 heteroatoms. The second kappa shape index (κ2) is 4.18. The molecule has 0 saturated heterocycles. The van der Waals surface area contributed by atoms with E-state index in [9.17, 15) is 0 Å². The minimum Gasteiger partial charge on any atom is -0.314 e. The lowest BCUT2D eigenvalue weighted by Crippen LogP contribution is -2.19. The van der Waals surface area contributed by atoms with Gasteiger partial charge in [0.1, 0.15) is 10.0 Å². The standard InChI is InChI=1S/C11H19N3S/c1-11(2,3)10-14-13-9(15-10)6-7-12-8-4-5-8/h8,12H,4-7H2,1-3H3. The highest BCUT2D eigenvalue weighted by Crippen LogP contribution is 2.25. The summed E-state index contributed by atoms with van der Waals surface area (Å²) in [4.78, 5) is 0. The molecule has 1 N–H and O–H groups in total. The number of nitrogens with one attached hydrogen (secondary N) is 1. The molecule has 0 bridgehead atoms. The van der Waals surface area contributed by atoms with Crippen molar-refractivity contribution < 1.29 is 0 Å². The number of rotatable bonds is 4. The van der Waals surface area contributed by atoms with Crippen LogP contribution in [0.1, 0.15) is 43.6 Å². The molecular weight excluding hydrogens is 206 g/mol. The maximum atomic E-state index is 4.24. The Kier molecular flexibility index (Phi) is 3.07. The van der Waals surface area contributed by atoms with Crippen molar-refractivity contribution in [2.75, 3.05) is 6.54 Å². The lowest BCUT2D eigenvalue weighted by molar-refractivity contribution is 0.577. The maximum Gasteiger partial charge on any atom is 0.122 e. The lowest BCUT2D eigenvalue weighted by atomic mass is 9.98. The highest BCUT2D eigenvalue weighted by atomic mass is 32.1. The van der Waals surface area contributed by atoms with Gasteiger partial charge in [0.05, 0.1) is 0 Å². The van der Waals surface area contributed by atoms with Crippen LogP contribution in [0.5, 0.6) is 0 Å². The average molecular weight is 225 g/mol. The fourth-order valence-electron chi connectivity index (χ4n) is 1.33. The number of aromatic nitrogens is 2. The van der Waals surface area contributed by atoms with E-state index in [1.807, 2.05) is 0 Å². The van der Waals surface area contributed by atoms with Crippen LogP contribution in [-0.4, -0.2) is 22.8 Å². The fourth-order valence-corrected chi connectivity index (χ4v) is 2.23. The minimum absolute atomic E-state index is 0.139. The van der Waals surface area contributed by atoms with Crippen molar-refractivity contribution in [2.45, 2.75) is 51.5 Å².